The van der Waals surface area contributed by atoms with Crippen molar-refractivity contribution in [2.75, 3.05) is 5.32 Å². The minimum atomic E-state index is -0.152. The zero-order valence-corrected chi connectivity index (χ0v) is 8.43. The van der Waals surface area contributed by atoms with E-state index in [0.29, 0.717) is 5.02 Å². The minimum absolute atomic E-state index is 0.120. The summed E-state index contributed by atoms with van der Waals surface area (Å²) in [5, 5.41) is 3.76. The first-order valence-electron chi connectivity index (χ1n) is 4.12. The molecule has 1 atom stereocenters. The summed E-state index contributed by atoms with van der Waals surface area (Å²) >= 11 is 5.72. The molecule has 0 spiro atoms. The van der Waals surface area contributed by atoms with Gasteiger partial charge in [0.05, 0.1) is 6.04 Å². The highest BCUT2D eigenvalue weighted by Crippen LogP contribution is 2.14. The Kier molecular flexibility index (Phi) is 3.32. The van der Waals surface area contributed by atoms with Crippen LogP contribution in [0.15, 0.2) is 24.3 Å². The molecule has 0 aliphatic carbocycles. The number of halogens is 1. The van der Waals surface area contributed by atoms with Gasteiger partial charge >= 0.3 is 0 Å². The summed E-state index contributed by atoms with van der Waals surface area (Å²) in [5.74, 6) is 0.120. The molecule has 70 valence electrons. The average molecular weight is 198 g/mol. The van der Waals surface area contributed by atoms with Crippen LogP contribution in [0.5, 0.6) is 0 Å². The van der Waals surface area contributed by atoms with Gasteiger partial charge in [-0.3, -0.25) is 4.79 Å². The van der Waals surface area contributed by atoms with Crippen LogP contribution in [0.3, 0.4) is 0 Å². The van der Waals surface area contributed by atoms with Gasteiger partial charge in [-0.25, -0.2) is 0 Å². The van der Waals surface area contributed by atoms with Gasteiger partial charge in [0.2, 0.25) is 0 Å². The van der Waals surface area contributed by atoms with Gasteiger partial charge < -0.3 is 5.32 Å². The largest absolute Gasteiger partial charge is 0.376 e. The van der Waals surface area contributed by atoms with Crippen LogP contribution in [0, 0.1) is 0 Å². The van der Waals surface area contributed by atoms with Gasteiger partial charge in [-0.2, -0.15) is 0 Å². The molecule has 1 N–H and O–H groups in total. The summed E-state index contributed by atoms with van der Waals surface area (Å²) in [7, 11) is 0. The molecule has 0 amide bonds. The fourth-order valence-corrected chi connectivity index (χ4v) is 1.02. The fourth-order valence-electron chi connectivity index (χ4n) is 0.898. The molecule has 0 bridgehead atoms. The number of rotatable bonds is 3. The van der Waals surface area contributed by atoms with E-state index in [1.807, 2.05) is 19.1 Å². The number of benzene rings is 1. The zero-order chi connectivity index (χ0) is 9.84. The number of ketones is 1. The third-order valence-electron chi connectivity index (χ3n) is 1.84. The van der Waals surface area contributed by atoms with Crippen LogP contribution in [0.1, 0.15) is 13.8 Å². The monoisotopic (exact) mass is 197 g/mol. The van der Waals surface area contributed by atoms with Crippen LogP contribution in [0.4, 0.5) is 5.69 Å². The molecule has 0 aromatic heterocycles. The Hall–Kier alpha value is -1.02. The maximum atomic E-state index is 10.9. The smallest absolute Gasteiger partial charge is 0.151 e. The van der Waals surface area contributed by atoms with E-state index in [1.54, 1.807) is 19.1 Å². The van der Waals surface area contributed by atoms with Gasteiger partial charge in [0.1, 0.15) is 0 Å². The van der Waals surface area contributed by atoms with Crippen molar-refractivity contribution in [2.24, 2.45) is 0 Å². The number of hydrogen-bond donors (Lipinski definition) is 1. The topological polar surface area (TPSA) is 29.1 Å². The van der Waals surface area contributed by atoms with Crippen LogP contribution in [-0.2, 0) is 4.79 Å². The Bertz CT molecular complexity index is 294. The Morgan fingerprint density at radius 3 is 2.38 bits per heavy atom. The number of anilines is 1. The molecule has 0 saturated heterocycles. The van der Waals surface area contributed by atoms with Crippen LogP contribution >= 0.6 is 11.6 Å². The summed E-state index contributed by atoms with van der Waals surface area (Å²) in [4.78, 5) is 10.9. The molecule has 0 aliphatic heterocycles. The van der Waals surface area contributed by atoms with Gasteiger partial charge in [-0.1, -0.05) is 11.6 Å². The lowest BCUT2D eigenvalue weighted by atomic mass is 10.2. The molecule has 0 radical (unpaired) electrons. The first-order valence-corrected chi connectivity index (χ1v) is 4.50. The molecule has 1 aromatic rings. The van der Waals surface area contributed by atoms with Gasteiger partial charge in [-0.15, -0.1) is 0 Å². The molecule has 0 fully saturated rings. The third-order valence-corrected chi connectivity index (χ3v) is 2.09. The van der Waals surface area contributed by atoms with Crippen molar-refractivity contribution in [1.29, 1.82) is 0 Å². The Balaban J connectivity index is 2.64. The second-order valence-electron chi connectivity index (χ2n) is 2.98. The van der Waals surface area contributed by atoms with E-state index in [2.05, 4.69) is 5.32 Å². The number of carbonyl (C=O) groups is 1. The first-order chi connectivity index (χ1) is 6.09. The van der Waals surface area contributed by atoms with E-state index in [0.717, 1.165) is 5.69 Å². The van der Waals surface area contributed by atoms with E-state index >= 15 is 0 Å². The number of nitrogens with one attached hydrogen (secondary N) is 1. The maximum absolute atomic E-state index is 10.9. The van der Waals surface area contributed by atoms with Crippen molar-refractivity contribution in [3.63, 3.8) is 0 Å². The standard InChI is InChI=1S/C10H12ClNO/c1-7(8(2)13)12-10-5-3-9(11)4-6-10/h3-7,12H,1-2H3. The first kappa shape index (κ1) is 10.1. The van der Waals surface area contributed by atoms with Gasteiger partial charge in [0.15, 0.2) is 5.78 Å². The lowest BCUT2D eigenvalue weighted by Crippen LogP contribution is -2.23. The molecule has 1 unspecified atom stereocenters. The van der Waals surface area contributed by atoms with Gasteiger partial charge in [0, 0.05) is 10.7 Å². The van der Waals surface area contributed by atoms with Crippen LogP contribution < -0.4 is 5.32 Å². The summed E-state index contributed by atoms with van der Waals surface area (Å²) in [6.07, 6.45) is 0. The van der Waals surface area contributed by atoms with Gasteiger partial charge in [-0.05, 0) is 38.1 Å². The summed E-state index contributed by atoms with van der Waals surface area (Å²) in [5.41, 5.74) is 0.909. The van der Waals surface area contributed by atoms with Crippen molar-refractivity contribution < 1.29 is 4.79 Å². The van der Waals surface area contributed by atoms with E-state index in [4.69, 9.17) is 11.6 Å². The molecule has 0 aliphatic rings. The Labute approximate surface area is 82.9 Å². The number of hydrogen-bond acceptors (Lipinski definition) is 2. The number of carbonyl (C=O) groups excluding carboxylic acids is 1. The van der Waals surface area contributed by atoms with E-state index in [1.165, 1.54) is 0 Å². The predicted octanol–water partition coefficient (Wildman–Crippen LogP) is 2.73. The quantitative estimate of drug-likeness (QED) is 0.808. The van der Waals surface area contributed by atoms with Crippen molar-refractivity contribution in [2.45, 2.75) is 19.9 Å². The molecular weight excluding hydrogens is 186 g/mol. The second-order valence-corrected chi connectivity index (χ2v) is 3.42. The average Bonchev–Trinajstić information content (AvgIpc) is 2.08. The molecule has 13 heavy (non-hydrogen) atoms. The maximum Gasteiger partial charge on any atom is 0.151 e. The van der Waals surface area contributed by atoms with Crippen LogP contribution in [0.25, 0.3) is 0 Å². The fraction of sp³-hybridized carbons (Fsp3) is 0.300. The molecule has 1 rings (SSSR count). The van der Waals surface area contributed by atoms with Crippen molar-refractivity contribution in [3.05, 3.63) is 29.3 Å². The molecular formula is C10H12ClNO. The molecule has 0 heterocycles. The summed E-state index contributed by atoms with van der Waals surface area (Å²) in [6.45, 7) is 3.39. The normalized spacial score (nSPS) is 12.2. The molecule has 1 aromatic carbocycles. The van der Waals surface area contributed by atoms with Crippen molar-refractivity contribution in [3.8, 4) is 0 Å². The Morgan fingerprint density at radius 2 is 1.92 bits per heavy atom. The minimum Gasteiger partial charge on any atom is -0.376 e. The highest BCUT2D eigenvalue weighted by Gasteiger charge is 2.05. The zero-order valence-electron chi connectivity index (χ0n) is 7.67. The van der Waals surface area contributed by atoms with Crippen LogP contribution in [0.2, 0.25) is 5.02 Å². The highest BCUT2D eigenvalue weighted by molar-refractivity contribution is 6.30. The predicted molar refractivity (Wildman–Crippen MR) is 55.2 cm³/mol. The van der Waals surface area contributed by atoms with E-state index in [-0.39, 0.29) is 11.8 Å². The third kappa shape index (κ3) is 3.07. The lowest BCUT2D eigenvalue weighted by molar-refractivity contribution is -0.117. The summed E-state index contributed by atoms with van der Waals surface area (Å²) < 4.78 is 0. The van der Waals surface area contributed by atoms with Crippen molar-refractivity contribution in [1.82, 2.24) is 0 Å². The second kappa shape index (κ2) is 4.28. The number of Topliss-reactive ketones (excluding diaryl/α,β-unsaturated/α-hetero) is 1. The molecule has 3 heteroatoms. The summed E-state index contributed by atoms with van der Waals surface area (Å²) in [6, 6.07) is 7.12. The molecule has 2 nitrogen and oxygen atoms in total. The van der Waals surface area contributed by atoms with Gasteiger partial charge in [0.25, 0.3) is 0 Å². The molecule has 0 saturated carbocycles. The lowest BCUT2D eigenvalue weighted by Gasteiger charge is -2.11. The SMILES string of the molecule is CC(=O)C(C)Nc1ccc(Cl)cc1. The Morgan fingerprint density at radius 1 is 1.38 bits per heavy atom. The van der Waals surface area contributed by atoms with E-state index in [9.17, 15) is 4.79 Å². The highest BCUT2D eigenvalue weighted by atomic mass is 35.5. The van der Waals surface area contributed by atoms with Crippen LogP contribution in [-0.4, -0.2) is 11.8 Å². The van der Waals surface area contributed by atoms with E-state index < -0.39 is 0 Å². The van der Waals surface area contributed by atoms with Crippen molar-refractivity contribution >= 4 is 23.1 Å².